The third kappa shape index (κ3) is 1.50. The van der Waals surface area contributed by atoms with Crippen molar-refractivity contribution in [1.29, 1.82) is 0 Å². The molecule has 2 rings (SSSR count). The van der Waals surface area contributed by atoms with Crippen LogP contribution in [0.2, 0.25) is 0 Å². The molecule has 1 aliphatic rings. The summed E-state index contributed by atoms with van der Waals surface area (Å²) < 4.78 is 0. The third-order valence-electron chi connectivity index (χ3n) is 3.34. The van der Waals surface area contributed by atoms with Gasteiger partial charge in [0.15, 0.2) is 0 Å². The van der Waals surface area contributed by atoms with Gasteiger partial charge in [-0.3, -0.25) is 0 Å². The smallest absolute Gasteiger partial charge is 0.115 e. The number of rotatable bonds is 2. The lowest BCUT2D eigenvalue weighted by Gasteiger charge is -2.26. The molecule has 1 aromatic carbocycles. The standard InChI is InChI=1S/C12H16O2/c13-9-12(7-1-2-8-12)10-3-5-11(14)6-4-10/h3-6,13-14H,1-2,7-9H2. The van der Waals surface area contributed by atoms with Crippen LogP contribution in [0.15, 0.2) is 24.3 Å². The number of benzene rings is 1. The fourth-order valence-electron chi connectivity index (χ4n) is 2.40. The van der Waals surface area contributed by atoms with Crippen LogP contribution < -0.4 is 0 Å². The maximum atomic E-state index is 9.48. The highest BCUT2D eigenvalue weighted by Crippen LogP contribution is 2.40. The minimum absolute atomic E-state index is 0.0340. The normalized spacial score (nSPS) is 19.8. The Morgan fingerprint density at radius 1 is 1.07 bits per heavy atom. The second-order valence-electron chi connectivity index (χ2n) is 4.19. The second-order valence-corrected chi connectivity index (χ2v) is 4.19. The average Bonchev–Trinajstić information content (AvgIpc) is 2.68. The van der Waals surface area contributed by atoms with E-state index >= 15 is 0 Å². The summed E-state index contributed by atoms with van der Waals surface area (Å²) in [7, 11) is 0. The predicted octanol–water partition coefficient (Wildman–Crippen LogP) is 2.20. The van der Waals surface area contributed by atoms with E-state index < -0.39 is 0 Å². The molecule has 1 aliphatic carbocycles. The van der Waals surface area contributed by atoms with Crippen LogP contribution in [0.4, 0.5) is 0 Å². The van der Waals surface area contributed by atoms with Crippen molar-refractivity contribution in [1.82, 2.24) is 0 Å². The van der Waals surface area contributed by atoms with Gasteiger partial charge in [0, 0.05) is 5.41 Å². The van der Waals surface area contributed by atoms with E-state index in [0.29, 0.717) is 5.75 Å². The van der Waals surface area contributed by atoms with Crippen LogP contribution in [0.25, 0.3) is 0 Å². The van der Waals surface area contributed by atoms with Crippen LogP contribution in [-0.4, -0.2) is 16.8 Å². The number of hydrogen-bond acceptors (Lipinski definition) is 2. The number of phenols is 1. The molecule has 0 bridgehead atoms. The van der Waals surface area contributed by atoms with Crippen LogP contribution in [0.3, 0.4) is 0 Å². The Hall–Kier alpha value is -1.02. The first-order valence-electron chi connectivity index (χ1n) is 5.17. The molecule has 1 aromatic rings. The second kappa shape index (κ2) is 3.62. The summed E-state index contributed by atoms with van der Waals surface area (Å²) in [6, 6.07) is 7.25. The van der Waals surface area contributed by atoms with Gasteiger partial charge in [-0.1, -0.05) is 25.0 Å². The van der Waals surface area contributed by atoms with E-state index in [9.17, 15) is 10.2 Å². The van der Waals surface area contributed by atoms with Gasteiger partial charge >= 0.3 is 0 Å². The molecular formula is C12H16O2. The zero-order chi connectivity index (χ0) is 10.0. The molecule has 2 N–H and O–H groups in total. The number of aliphatic hydroxyl groups excluding tert-OH is 1. The van der Waals surface area contributed by atoms with Gasteiger partial charge in [0.1, 0.15) is 5.75 Å². The van der Waals surface area contributed by atoms with Gasteiger partial charge < -0.3 is 10.2 Å². The number of phenolic OH excluding ortho intramolecular Hbond substituents is 1. The van der Waals surface area contributed by atoms with Gasteiger partial charge in [0.05, 0.1) is 6.61 Å². The van der Waals surface area contributed by atoms with Crippen molar-refractivity contribution in [3.8, 4) is 5.75 Å². The van der Waals surface area contributed by atoms with E-state index in [1.54, 1.807) is 12.1 Å². The molecule has 14 heavy (non-hydrogen) atoms. The summed E-state index contributed by atoms with van der Waals surface area (Å²) in [5, 5.41) is 18.7. The van der Waals surface area contributed by atoms with Gasteiger partial charge in [-0.25, -0.2) is 0 Å². The average molecular weight is 192 g/mol. The molecule has 0 spiro atoms. The van der Waals surface area contributed by atoms with Crippen molar-refractivity contribution in [2.24, 2.45) is 0 Å². The summed E-state index contributed by atoms with van der Waals surface area (Å²) >= 11 is 0. The van der Waals surface area contributed by atoms with Crippen LogP contribution >= 0.6 is 0 Å². The Labute approximate surface area is 84.2 Å². The van der Waals surface area contributed by atoms with Crippen LogP contribution in [0.1, 0.15) is 31.2 Å². The minimum Gasteiger partial charge on any atom is -0.508 e. The van der Waals surface area contributed by atoms with Crippen LogP contribution in [0.5, 0.6) is 5.75 Å². The first-order valence-corrected chi connectivity index (χ1v) is 5.17. The van der Waals surface area contributed by atoms with Crippen LogP contribution in [-0.2, 0) is 5.41 Å². The van der Waals surface area contributed by atoms with Crippen molar-refractivity contribution in [3.05, 3.63) is 29.8 Å². The molecule has 0 amide bonds. The van der Waals surface area contributed by atoms with Gasteiger partial charge in [-0.05, 0) is 30.5 Å². The molecule has 0 saturated heterocycles. The first-order chi connectivity index (χ1) is 6.77. The Morgan fingerprint density at radius 2 is 1.64 bits per heavy atom. The van der Waals surface area contributed by atoms with Crippen molar-refractivity contribution in [2.75, 3.05) is 6.61 Å². The summed E-state index contributed by atoms with van der Waals surface area (Å²) in [5.74, 6) is 0.292. The lowest BCUT2D eigenvalue weighted by atomic mass is 9.80. The van der Waals surface area contributed by atoms with Gasteiger partial charge in [0.25, 0.3) is 0 Å². The van der Waals surface area contributed by atoms with Gasteiger partial charge in [-0.15, -0.1) is 0 Å². The summed E-state index contributed by atoms with van der Waals surface area (Å²) in [6.45, 7) is 0.220. The zero-order valence-corrected chi connectivity index (χ0v) is 8.24. The number of hydrogen-bond donors (Lipinski definition) is 2. The Kier molecular flexibility index (Phi) is 2.46. The predicted molar refractivity (Wildman–Crippen MR) is 55.3 cm³/mol. The maximum Gasteiger partial charge on any atom is 0.115 e. The van der Waals surface area contributed by atoms with Crippen molar-refractivity contribution < 1.29 is 10.2 Å². The quantitative estimate of drug-likeness (QED) is 0.754. The summed E-state index contributed by atoms with van der Waals surface area (Å²) in [6.07, 6.45) is 4.52. The lowest BCUT2D eigenvalue weighted by Crippen LogP contribution is -2.26. The van der Waals surface area contributed by atoms with E-state index in [4.69, 9.17) is 0 Å². The van der Waals surface area contributed by atoms with Crippen LogP contribution in [0, 0.1) is 0 Å². The third-order valence-corrected chi connectivity index (χ3v) is 3.34. The van der Waals surface area contributed by atoms with Gasteiger partial charge in [0.2, 0.25) is 0 Å². The van der Waals surface area contributed by atoms with Crippen molar-refractivity contribution in [3.63, 3.8) is 0 Å². The fourth-order valence-corrected chi connectivity index (χ4v) is 2.40. The molecule has 1 fully saturated rings. The molecule has 0 aromatic heterocycles. The maximum absolute atomic E-state index is 9.48. The molecule has 0 atom stereocenters. The fraction of sp³-hybridized carbons (Fsp3) is 0.500. The molecule has 76 valence electrons. The molecule has 0 aliphatic heterocycles. The molecular weight excluding hydrogens is 176 g/mol. The highest BCUT2D eigenvalue weighted by atomic mass is 16.3. The Morgan fingerprint density at radius 3 is 2.14 bits per heavy atom. The first kappa shape index (κ1) is 9.53. The highest BCUT2D eigenvalue weighted by molar-refractivity contribution is 5.32. The SMILES string of the molecule is OCC1(c2ccc(O)cc2)CCCC1. The van der Waals surface area contributed by atoms with Gasteiger partial charge in [-0.2, -0.15) is 0 Å². The topological polar surface area (TPSA) is 40.5 Å². The molecule has 0 unspecified atom stereocenters. The van der Waals surface area contributed by atoms with E-state index in [-0.39, 0.29) is 12.0 Å². The molecule has 2 heteroatoms. The molecule has 1 saturated carbocycles. The van der Waals surface area contributed by atoms with E-state index in [2.05, 4.69) is 0 Å². The lowest BCUT2D eigenvalue weighted by molar-refractivity contribution is 0.196. The largest absolute Gasteiger partial charge is 0.508 e. The summed E-state index contributed by atoms with van der Waals surface area (Å²) in [5.41, 5.74) is 1.13. The Balaban J connectivity index is 2.31. The number of aromatic hydroxyl groups is 1. The minimum atomic E-state index is -0.0340. The van der Waals surface area contributed by atoms with E-state index in [1.807, 2.05) is 12.1 Å². The van der Waals surface area contributed by atoms with Crippen molar-refractivity contribution in [2.45, 2.75) is 31.1 Å². The monoisotopic (exact) mass is 192 g/mol. The molecule has 0 radical (unpaired) electrons. The van der Waals surface area contributed by atoms with E-state index in [0.717, 1.165) is 18.4 Å². The molecule has 0 heterocycles. The summed E-state index contributed by atoms with van der Waals surface area (Å²) in [4.78, 5) is 0. The zero-order valence-electron chi connectivity index (χ0n) is 8.24. The van der Waals surface area contributed by atoms with Crippen molar-refractivity contribution >= 4 is 0 Å². The Bertz CT molecular complexity index is 297. The highest BCUT2D eigenvalue weighted by Gasteiger charge is 2.34. The number of aliphatic hydroxyl groups is 1. The molecule has 2 nitrogen and oxygen atoms in total. The van der Waals surface area contributed by atoms with E-state index in [1.165, 1.54) is 12.8 Å².